The van der Waals surface area contributed by atoms with Gasteiger partial charge in [-0.1, -0.05) is 36.6 Å². The van der Waals surface area contributed by atoms with Crippen molar-refractivity contribution in [1.29, 1.82) is 0 Å². The highest BCUT2D eigenvalue weighted by atomic mass is 35.5. The summed E-state index contributed by atoms with van der Waals surface area (Å²) in [6.07, 6.45) is 5.78. The summed E-state index contributed by atoms with van der Waals surface area (Å²) in [4.78, 5) is 14.7. The van der Waals surface area contributed by atoms with Crippen molar-refractivity contribution in [3.8, 4) is 0 Å². The van der Waals surface area contributed by atoms with Gasteiger partial charge in [-0.25, -0.2) is 4.79 Å². The van der Waals surface area contributed by atoms with Gasteiger partial charge in [-0.3, -0.25) is 0 Å². The summed E-state index contributed by atoms with van der Waals surface area (Å²) in [6, 6.07) is 5.81. The zero-order chi connectivity index (χ0) is 11.6. The monoisotopic (exact) mass is 235 g/mol. The van der Waals surface area contributed by atoms with Crippen LogP contribution in [0.3, 0.4) is 0 Å². The maximum Gasteiger partial charge on any atom is 0.235 e. The van der Waals surface area contributed by atoms with Crippen molar-refractivity contribution in [2.45, 2.75) is 38.1 Å². The van der Waals surface area contributed by atoms with Crippen molar-refractivity contribution < 1.29 is 4.79 Å². The van der Waals surface area contributed by atoms with E-state index in [1.807, 2.05) is 25.1 Å². The molecule has 0 bridgehead atoms. The van der Waals surface area contributed by atoms with E-state index in [2.05, 4.69) is 4.99 Å². The van der Waals surface area contributed by atoms with Gasteiger partial charge in [0.2, 0.25) is 6.08 Å². The Labute approximate surface area is 100 Å². The van der Waals surface area contributed by atoms with E-state index < -0.39 is 0 Å². The maximum atomic E-state index is 10.6. The van der Waals surface area contributed by atoms with Crippen LogP contribution in [0.15, 0.2) is 23.2 Å². The van der Waals surface area contributed by atoms with Gasteiger partial charge in [0.15, 0.2) is 0 Å². The summed E-state index contributed by atoms with van der Waals surface area (Å²) in [5.74, 6) is 0. The van der Waals surface area contributed by atoms with Gasteiger partial charge in [0.1, 0.15) is 0 Å². The van der Waals surface area contributed by atoms with E-state index in [1.54, 1.807) is 6.08 Å². The molecule has 0 amide bonds. The Hall–Kier alpha value is -1.11. The van der Waals surface area contributed by atoms with Crippen molar-refractivity contribution in [2.24, 2.45) is 4.99 Å². The lowest BCUT2D eigenvalue weighted by molar-refractivity contribution is 0.453. The van der Waals surface area contributed by atoms with Gasteiger partial charge in [0, 0.05) is 5.02 Å². The molecule has 0 aliphatic heterocycles. The fraction of sp³-hybridized carbons (Fsp3) is 0.462. The molecule has 3 heteroatoms. The van der Waals surface area contributed by atoms with Gasteiger partial charge in [-0.2, -0.15) is 4.99 Å². The zero-order valence-electron chi connectivity index (χ0n) is 9.29. The Kier molecular flexibility index (Phi) is 3.13. The minimum absolute atomic E-state index is 0.364. The third-order valence-electron chi connectivity index (χ3n) is 3.46. The number of rotatable bonds is 2. The molecule has 0 unspecified atom stereocenters. The van der Waals surface area contributed by atoms with Gasteiger partial charge in [-0.15, -0.1) is 0 Å². The molecule has 0 heterocycles. The lowest BCUT2D eigenvalue weighted by Gasteiger charge is -2.25. The fourth-order valence-corrected chi connectivity index (χ4v) is 2.77. The number of nitrogens with zero attached hydrogens (tertiary/aromatic N) is 1. The van der Waals surface area contributed by atoms with E-state index in [1.165, 1.54) is 0 Å². The van der Waals surface area contributed by atoms with Crippen LogP contribution in [0.2, 0.25) is 5.02 Å². The van der Waals surface area contributed by atoms with Crippen LogP contribution in [0, 0.1) is 6.92 Å². The van der Waals surface area contributed by atoms with Crippen LogP contribution in [-0.4, -0.2) is 6.08 Å². The second kappa shape index (κ2) is 4.40. The van der Waals surface area contributed by atoms with E-state index >= 15 is 0 Å². The van der Waals surface area contributed by atoms with E-state index in [-0.39, 0.29) is 5.54 Å². The molecule has 1 aliphatic rings. The zero-order valence-corrected chi connectivity index (χ0v) is 10.0. The van der Waals surface area contributed by atoms with Crippen molar-refractivity contribution in [2.75, 3.05) is 0 Å². The van der Waals surface area contributed by atoms with Crippen LogP contribution in [0.1, 0.15) is 36.8 Å². The van der Waals surface area contributed by atoms with Crippen LogP contribution in [0.5, 0.6) is 0 Å². The summed E-state index contributed by atoms with van der Waals surface area (Å²) in [6.45, 7) is 1.98. The number of isocyanates is 1. The second-order valence-corrected chi connectivity index (χ2v) is 4.76. The summed E-state index contributed by atoms with van der Waals surface area (Å²) in [5.41, 5.74) is 1.75. The average Bonchev–Trinajstić information content (AvgIpc) is 2.72. The molecule has 0 atom stereocenters. The molecular formula is C13H14ClNO. The van der Waals surface area contributed by atoms with Gasteiger partial charge in [-0.05, 0) is 37.0 Å². The Morgan fingerprint density at radius 3 is 2.69 bits per heavy atom. The van der Waals surface area contributed by atoms with Crippen LogP contribution in [0.4, 0.5) is 0 Å². The topological polar surface area (TPSA) is 29.4 Å². The number of hydrogen-bond acceptors (Lipinski definition) is 2. The number of halogens is 1. The molecule has 84 valence electrons. The number of aliphatic imine (C=N–C) groups is 1. The van der Waals surface area contributed by atoms with Crippen LogP contribution in [-0.2, 0) is 10.3 Å². The maximum absolute atomic E-state index is 10.6. The lowest BCUT2D eigenvalue weighted by atomic mass is 9.86. The minimum Gasteiger partial charge on any atom is -0.211 e. The Morgan fingerprint density at radius 2 is 2.06 bits per heavy atom. The number of carbonyl (C=O) groups excluding carboxylic acids is 1. The second-order valence-electron chi connectivity index (χ2n) is 4.35. The Bertz CT molecular complexity index is 443. The van der Waals surface area contributed by atoms with Crippen molar-refractivity contribution in [3.63, 3.8) is 0 Å². The van der Waals surface area contributed by atoms with Gasteiger partial charge in [0.25, 0.3) is 0 Å². The highest BCUT2D eigenvalue weighted by Crippen LogP contribution is 2.44. The minimum atomic E-state index is -0.364. The van der Waals surface area contributed by atoms with Gasteiger partial charge < -0.3 is 0 Å². The third kappa shape index (κ3) is 1.79. The normalized spacial score (nSPS) is 18.1. The summed E-state index contributed by atoms with van der Waals surface area (Å²) in [5, 5.41) is 0.741. The molecule has 1 saturated carbocycles. The molecule has 0 N–H and O–H groups in total. The Morgan fingerprint density at radius 1 is 1.38 bits per heavy atom. The van der Waals surface area contributed by atoms with Crippen molar-refractivity contribution in [3.05, 3.63) is 34.3 Å². The van der Waals surface area contributed by atoms with E-state index in [0.29, 0.717) is 0 Å². The molecule has 0 saturated heterocycles. The molecule has 0 radical (unpaired) electrons. The fourth-order valence-electron chi connectivity index (χ4n) is 2.60. The van der Waals surface area contributed by atoms with E-state index in [4.69, 9.17) is 11.6 Å². The van der Waals surface area contributed by atoms with Crippen molar-refractivity contribution >= 4 is 17.7 Å². The summed E-state index contributed by atoms with van der Waals surface area (Å²) >= 11 is 6.11. The largest absolute Gasteiger partial charge is 0.235 e. The molecule has 0 spiro atoms. The van der Waals surface area contributed by atoms with Gasteiger partial charge >= 0.3 is 0 Å². The molecule has 16 heavy (non-hydrogen) atoms. The quantitative estimate of drug-likeness (QED) is 0.567. The predicted octanol–water partition coefficient (Wildman–Crippen LogP) is 3.75. The molecule has 1 aromatic carbocycles. The van der Waals surface area contributed by atoms with Crippen molar-refractivity contribution in [1.82, 2.24) is 0 Å². The number of hydrogen-bond donors (Lipinski definition) is 0. The summed E-state index contributed by atoms with van der Waals surface area (Å²) in [7, 11) is 0. The molecule has 1 fully saturated rings. The summed E-state index contributed by atoms with van der Waals surface area (Å²) < 4.78 is 0. The van der Waals surface area contributed by atoms with E-state index in [9.17, 15) is 4.79 Å². The first kappa shape index (κ1) is 11.4. The highest BCUT2D eigenvalue weighted by Gasteiger charge is 2.36. The third-order valence-corrected chi connectivity index (χ3v) is 3.87. The molecule has 0 aromatic heterocycles. The standard InChI is InChI=1S/C13H14ClNO/c1-10-11(5-4-6-12(10)14)13(15-9-16)7-2-3-8-13/h4-6H,2-3,7-8H2,1H3. The van der Waals surface area contributed by atoms with Crippen LogP contribution < -0.4 is 0 Å². The van der Waals surface area contributed by atoms with Gasteiger partial charge in [0.05, 0.1) is 5.54 Å². The SMILES string of the molecule is Cc1c(Cl)cccc1C1(N=C=O)CCCC1. The van der Waals surface area contributed by atoms with E-state index in [0.717, 1.165) is 41.8 Å². The predicted molar refractivity (Wildman–Crippen MR) is 64.5 cm³/mol. The first-order valence-electron chi connectivity index (χ1n) is 5.54. The highest BCUT2D eigenvalue weighted by molar-refractivity contribution is 6.31. The number of benzene rings is 1. The molecular weight excluding hydrogens is 222 g/mol. The molecule has 1 aromatic rings. The first-order valence-corrected chi connectivity index (χ1v) is 5.92. The first-order chi connectivity index (χ1) is 7.69. The molecule has 2 nitrogen and oxygen atoms in total. The average molecular weight is 236 g/mol. The smallest absolute Gasteiger partial charge is 0.211 e. The van der Waals surface area contributed by atoms with Crippen LogP contribution >= 0.6 is 11.6 Å². The van der Waals surface area contributed by atoms with Crippen LogP contribution in [0.25, 0.3) is 0 Å². The molecule has 1 aliphatic carbocycles. The lowest BCUT2D eigenvalue weighted by Crippen LogP contribution is -2.20. The molecule has 2 rings (SSSR count). The Balaban J connectivity index is 2.55.